The monoisotopic (exact) mass is 316 g/mol. The molecule has 0 aliphatic heterocycles. The molecular formula is C14H15F3N2OS. The third-order valence-electron chi connectivity index (χ3n) is 2.91. The summed E-state index contributed by atoms with van der Waals surface area (Å²) in [6, 6.07) is 5.48. The molecule has 21 heavy (non-hydrogen) atoms. The Balaban J connectivity index is 2.16. The van der Waals surface area contributed by atoms with E-state index in [1.807, 2.05) is 19.2 Å². The van der Waals surface area contributed by atoms with E-state index in [1.54, 1.807) is 12.1 Å². The molecule has 1 unspecified atom stereocenters. The molecule has 1 atom stereocenters. The van der Waals surface area contributed by atoms with Crippen molar-refractivity contribution in [3.8, 4) is 17.0 Å². The topological polar surface area (TPSA) is 48.1 Å². The molecule has 1 aromatic carbocycles. The van der Waals surface area contributed by atoms with Gasteiger partial charge in [-0.15, -0.1) is 24.5 Å². The van der Waals surface area contributed by atoms with E-state index in [4.69, 9.17) is 5.73 Å². The van der Waals surface area contributed by atoms with Crippen molar-refractivity contribution in [3.05, 3.63) is 34.7 Å². The van der Waals surface area contributed by atoms with Crippen LogP contribution in [-0.2, 0) is 0 Å². The van der Waals surface area contributed by atoms with Crippen molar-refractivity contribution in [1.29, 1.82) is 0 Å². The lowest BCUT2D eigenvalue weighted by Gasteiger charge is -2.11. The van der Waals surface area contributed by atoms with Gasteiger partial charge < -0.3 is 10.5 Å². The van der Waals surface area contributed by atoms with E-state index >= 15 is 0 Å². The van der Waals surface area contributed by atoms with Gasteiger partial charge in [0.1, 0.15) is 10.8 Å². The summed E-state index contributed by atoms with van der Waals surface area (Å²) in [6.45, 7) is 4.02. The largest absolute Gasteiger partial charge is 0.573 e. The Labute approximate surface area is 124 Å². The van der Waals surface area contributed by atoms with E-state index in [0.717, 1.165) is 10.6 Å². The molecule has 2 rings (SSSR count). The van der Waals surface area contributed by atoms with E-state index in [0.29, 0.717) is 5.69 Å². The SMILES string of the molecule is CC(C)C(N)c1nc(-c2ccc(OC(F)(F)F)cc2)cs1. The van der Waals surface area contributed by atoms with E-state index in [2.05, 4.69) is 9.72 Å². The molecule has 114 valence electrons. The first kappa shape index (κ1) is 15.8. The fourth-order valence-electron chi connectivity index (χ4n) is 1.69. The minimum Gasteiger partial charge on any atom is -0.406 e. The van der Waals surface area contributed by atoms with Crippen LogP contribution in [0.5, 0.6) is 5.75 Å². The van der Waals surface area contributed by atoms with Gasteiger partial charge in [-0.2, -0.15) is 0 Å². The van der Waals surface area contributed by atoms with E-state index < -0.39 is 6.36 Å². The molecule has 0 bridgehead atoms. The molecule has 0 fully saturated rings. The molecule has 2 aromatic rings. The molecule has 0 radical (unpaired) electrons. The number of rotatable bonds is 4. The smallest absolute Gasteiger partial charge is 0.406 e. The highest BCUT2D eigenvalue weighted by Gasteiger charge is 2.31. The molecule has 0 aliphatic carbocycles. The second-order valence-electron chi connectivity index (χ2n) is 4.91. The fourth-order valence-corrected chi connectivity index (χ4v) is 2.69. The minimum absolute atomic E-state index is 0.142. The van der Waals surface area contributed by atoms with E-state index in [-0.39, 0.29) is 17.7 Å². The Morgan fingerprint density at radius 1 is 1.19 bits per heavy atom. The van der Waals surface area contributed by atoms with Crippen molar-refractivity contribution in [2.45, 2.75) is 26.3 Å². The van der Waals surface area contributed by atoms with Gasteiger partial charge in [-0.05, 0) is 30.2 Å². The zero-order valence-corrected chi connectivity index (χ0v) is 12.3. The molecule has 0 saturated heterocycles. The zero-order valence-electron chi connectivity index (χ0n) is 11.5. The summed E-state index contributed by atoms with van der Waals surface area (Å²) in [5.74, 6) is 0.0205. The molecule has 3 nitrogen and oxygen atoms in total. The summed E-state index contributed by atoms with van der Waals surface area (Å²) in [4.78, 5) is 4.44. The first-order chi connectivity index (χ1) is 9.76. The summed E-state index contributed by atoms with van der Waals surface area (Å²) < 4.78 is 40.1. The molecular weight excluding hydrogens is 301 g/mol. The van der Waals surface area contributed by atoms with Gasteiger partial charge in [0.15, 0.2) is 0 Å². The van der Waals surface area contributed by atoms with Gasteiger partial charge in [0, 0.05) is 10.9 Å². The lowest BCUT2D eigenvalue weighted by Crippen LogP contribution is -2.17. The Bertz CT molecular complexity index is 593. The van der Waals surface area contributed by atoms with Gasteiger partial charge in [0.25, 0.3) is 0 Å². The first-order valence-corrected chi connectivity index (χ1v) is 7.21. The number of alkyl halides is 3. The molecule has 2 N–H and O–H groups in total. The number of halogens is 3. The molecule has 0 spiro atoms. The van der Waals surface area contributed by atoms with Gasteiger partial charge >= 0.3 is 6.36 Å². The number of aromatic nitrogens is 1. The van der Waals surface area contributed by atoms with Crippen molar-refractivity contribution >= 4 is 11.3 Å². The highest BCUT2D eigenvalue weighted by Crippen LogP contribution is 2.29. The number of hydrogen-bond donors (Lipinski definition) is 1. The highest BCUT2D eigenvalue weighted by molar-refractivity contribution is 7.10. The molecule has 1 aromatic heterocycles. The lowest BCUT2D eigenvalue weighted by molar-refractivity contribution is -0.274. The standard InChI is InChI=1S/C14H15F3N2OS/c1-8(2)12(18)13-19-11(7-21-13)9-3-5-10(6-4-9)20-14(15,16)17/h3-8,12H,18H2,1-2H3. The van der Waals surface area contributed by atoms with E-state index in [9.17, 15) is 13.2 Å². The third-order valence-corrected chi connectivity index (χ3v) is 3.86. The van der Waals surface area contributed by atoms with E-state index in [1.165, 1.54) is 23.5 Å². The molecule has 1 heterocycles. The van der Waals surface area contributed by atoms with Crippen LogP contribution in [-0.4, -0.2) is 11.3 Å². The maximum atomic E-state index is 12.1. The number of benzene rings is 1. The van der Waals surface area contributed by atoms with Crippen molar-refractivity contribution in [2.24, 2.45) is 11.7 Å². The molecule has 0 saturated carbocycles. The second kappa shape index (κ2) is 6.03. The van der Waals surface area contributed by atoms with Crippen molar-refractivity contribution in [1.82, 2.24) is 4.98 Å². The average molecular weight is 316 g/mol. The van der Waals surface area contributed by atoms with Gasteiger partial charge in [0.2, 0.25) is 0 Å². The van der Waals surface area contributed by atoms with Gasteiger partial charge in [-0.1, -0.05) is 13.8 Å². The Kier molecular flexibility index (Phi) is 4.53. The van der Waals surface area contributed by atoms with Crippen LogP contribution in [0.2, 0.25) is 0 Å². The number of ether oxygens (including phenoxy) is 1. The maximum absolute atomic E-state index is 12.1. The first-order valence-electron chi connectivity index (χ1n) is 6.33. The number of hydrogen-bond acceptors (Lipinski definition) is 4. The van der Waals surface area contributed by atoms with Crippen LogP contribution in [0.25, 0.3) is 11.3 Å². The predicted molar refractivity (Wildman–Crippen MR) is 76.0 cm³/mol. The van der Waals surface area contributed by atoms with Crippen molar-refractivity contribution in [2.75, 3.05) is 0 Å². The summed E-state index contributed by atoms with van der Waals surface area (Å²) in [6.07, 6.45) is -4.68. The van der Waals surface area contributed by atoms with Gasteiger partial charge in [0.05, 0.1) is 11.7 Å². The second-order valence-corrected chi connectivity index (χ2v) is 5.80. The van der Waals surface area contributed by atoms with Crippen molar-refractivity contribution < 1.29 is 17.9 Å². The van der Waals surface area contributed by atoms with Crippen LogP contribution in [0.4, 0.5) is 13.2 Å². The summed E-state index contributed by atoms with van der Waals surface area (Å²) in [5.41, 5.74) is 7.45. The van der Waals surface area contributed by atoms with Crippen LogP contribution in [0.15, 0.2) is 29.6 Å². The predicted octanol–water partition coefficient (Wildman–Crippen LogP) is 4.36. The highest BCUT2D eigenvalue weighted by atomic mass is 32.1. The summed E-state index contributed by atoms with van der Waals surface area (Å²) in [5, 5.41) is 2.66. The van der Waals surface area contributed by atoms with Crippen LogP contribution < -0.4 is 10.5 Å². The van der Waals surface area contributed by atoms with Crippen LogP contribution in [0, 0.1) is 5.92 Å². The number of nitrogens with zero attached hydrogens (tertiary/aromatic N) is 1. The number of nitrogens with two attached hydrogens (primary N) is 1. The van der Waals surface area contributed by atoms with Crippen LogP contribution in [0.1, 0.15) is 24.9 Å². The Morgan fingerprint density at radius 2 is 1.81 bits per heavy atom. The average Bonchev–Trinajstić information content (AvgIpc) is 2.86. The van der Waals surface area contributed by atoms with Gasteiger partial charge in [-0.3, -0.25) is 0 Å². The molecule has 0 amide bonds. The minimum atomic E-state index is -4.68. The summed E-state index contributed by atoms with van der Waals surface area (Å²) in [7, 11) is 0. The number of thiazole rings is 1. The molecule has 0 aliphatic rings. The van der Waals surface area contributed by atoms with Gasteiger partial charge in [-0.25, -0.2) is 4.98 Å². The molecule has 7 heteroatoms. The zero-order chi connectivity index (χ0) is 15.6. The van der Waals surface area contributed by atoms with Crippen LogP contribution >= 0.6 is 11.3 Å². The Morgan fingerprint density at radius 3 is 2.33 bits per heavy atom. The Hall–Kier alpha value is -1.60. The quantitative estimate of drug-likeness (QED) is 0.911. The maximum Gasteiger partial charge on any atom is 0.573 e. The third kappa shape index (κ3) is 4.18. The van der Waals surface area contributed by atoms with Crippen LogP contribution in [0.3, 0.4) is 0 Å². The fraction of sp³-hybridized carbons (Fsp3) is 0.357. The lowest BCUT2D eigenvalue weighted by atomic mass is 10.1. The van der Waals surface area contributed by atoms with Crippen molar-refractivity contribution in [3.63, 3.8) is 0 Å². The summed E-state index contributed by atoms with van der Waals surface area (Å²) >= 11 is 1.45. The normalized spacial score (nSPS) is 13.5.